The van der Waals surface area contributed by atoms with Crippen LogP contribution >= 0.6 is 11.6 Å². The number of methoxy groups -OCH3 is 2. The summed E-state index contributed by atoms with van der Waals surface area (Å²) in [5, 5.41) is -1.18. The van der Waals surface area contributed by atoms with Crippen LogP contribution in [-0.4, -0.2) is 14.2 Å². The molecule has 0 bridgehead atoms. The van der Waals surface area contributed by atoms with Gasteiger partial charge in [-0.15, -0.1) is 11.6 Å². The van der Waals surface area contributed by atoms with Crippen molar-refractivity contribution in [1.82, 2.24) is 0 Å². The second-order valence-electron chi connectivity index (χ2n) is 4.25. The van der Waals surface area contributed by atoms with Crippen LogP contribution in [0.25, 0.3) is 0 Å². The van der Waals surface area contributed by atoms with Crippen molar-refractivity contribution in [2.45, 2.75) is 5.38 Å². The van der Waals surface area contributed by atoms with Gasteiger partial charge in [-0.05, 0) is 18.2 Å². The maximum Gasteiger partial charge on any atom is 0.134 e. The topological polar surface area (TPSA) is 18.5 Å². The van der Waals surface area contributed by atoms with Gasteiger partial charge in [-0.25, -0.2) is 13.2 Å². The zero-order valence-corrected chi connectivity index (χ0v) is 12.0. The normalized spacial score (nSPS) is 12.1. The van der Waals surface area contributed by atoms with Gasteiger partial charge in [0.05, 0.1) is 19.6 Å². The van der Waals surface area contributed by atoms with E-state index in [1.807, 2.05) is 0 Å². The van der Waals surface area contributed by atoms with Crippen LogP contribution in [0.3, 0.4) is 0 Å². The lowest BCUT2D eigenvalue weighted by Gasteiger charge is -2.16. The van der Waals surface area contributed by atoms with E-state index in [0.717, 1.165) is 0 Å². The third-order valence-corrected chi connectivity index (χ3v) is 3.46. The molecular weight excluding hydrogens is 305 g/mol. The van der Waals surface area contributed by atoms with Crippen LogP contribution in [0.2, 0.25) is 0 Å². The molecule has 0 aliphatic carbocycles. The number of halogens is 4. The summed E-state index contributed by atoms with van der Waals surface area (Å²) < 4.78 is 50.8. The molecule has 2 aromatic rings. The van der Waals surface area contributed by atoms with Gasteiger partial charge in [-0.3, -0.25) is 0 Å². The maximum atomic E-state index is 13.8. The monoisotopic (exact) mass is 316 g/mol. The number of rotatable bonds is 4. The maximum absolute atomic E-state index is 13.8. The summed E-state index contributed by atoms with van der Waals surface area (Å²) in [5.41, 5.74) is -0.118. The van der Waals surface area contributed by atoms with E-state index in [-0.39, 0.29) is 0 Å². The lowest BCUT2D eigenvalue weighted by atomic mass is 10.0. The fourth-order valence-corrected chi connectivity index (χ4v) is 2.37. The molecule has 1 unspecified atom stereocenters. The largest absolute Gasteiger partial charge is 0.497 e. The summed E-state index contributed by atoms with van der Waals surface area (Å²) in [6.45, 7) is 0. The van der Waals surface area contributed by atoms with E-state index in [4.69, 9.17) is 21.1 Å². The van der Waals surface area contributed by atoms with Crippen LogP contribution in [0.15, 0.2) is 30.3 Å². The fraction of sp³-hybridized carbons (Fsp3) is 0.200. The molecule has 0 saturated carbocycles. The molecule has 0 saturated heterocycles. The summed E-state index contributed by atoms with van der Waals surface area (Å²) in [4.78, 5) is 0. The summed E-state index contributed by atoms with van der Waals surface area (Å²) in [5.74, 6) is -2.32. The molecular formula is C15H12ClF3O2. The quantitative estimate of drug-likeness (QED) is 0.776. The highest BCUT2D eigenvalue weighted by atomic mass is 35.5. The lowest BCUT2D eigenvalue weighted by molar-refractivity contribution is 0.398. The molecule has 21 heavy (non-hydrogen) atoms. The molecule has 0 aliphatic heterocycles. The first kappa shape index (κ1) is 15.5. The van der Waals surface area contributed by atoms with Gasteiger partial charge in [0.15, 0.2) is 0 Å². The minimum atomic E-state index is -1.18. The number of ether oxygens (including phenoxy) is 2. The van der Waals surface area contributed by atoms with Crippen LogP contribution < -0.4 is 9.47 Å². The van der Waals surface area contributed by atoms with E-state index in [1.165, 1.54) is 20.3 Å². The lowest BCUT2D eigenvalue weighted by Crippen LogP contribution is -2.04. The van der Waals surface area contributed by atoms with Crippen molar-refractivity contribution in [2.75, 3.05) is 14.2 Å². The Hall–Kier alpha value is -1.88. The van der Waals surface area contributed by atoms with Crippen LogP contribution in [0, 0.1) is 17.5 Å². The van der Waals surface area contributed by atoms with Crippen molar-refractivity contribution in [2.24, 2.45) is 0 Å². The minimum Gasteiger partial charge on any atom is -0.497 e. The number of hydrogen-bond acceptors (Lipinski definition) is 2. The van der Waals surface area contributed by atoms with Crippen LogP contribution in [0.5, 0.6) is 11.5 Å². The average molecular weight is 317 g/mol. The van der Waals surface area contributed by atoms with Crippen molar-refractivity contribution >= 4 is 11.6 Å². The third-order valence-electron chi connectivity index (χ3n) is 3.01. The van der Waals surface area contributed by atoms with Gasteiger partial charge >= 0.3 is 0 Å². The predicted octanol–water partition coefficient (Wildman–Crippen LogP) is 4.45. The van der Waals surface area contributed by atoms with Crippen molar-refractivity contribution in [3.8, 4) is 11.5 Å². The first-order valence-electron chi connectivity index (χ1n) is 5.98. The Kier molecular flexibility index (Phi) is 4.63. The minimum absolute atomic E-state index is 0.322. The Morgan fingerprint density at radius 2 is 1.57 bits per heavy atom. The highest BCUT2D eigenvalue weighted by Crippen LogP contribution is 2.39. The molecule has 0 spiro atoms. The van der Waals surface area contributed by atoms with Gasteiger partial charge in [0.1, 0.15) is 29.0 Å². The van der Waals surface area contributed by atoms with Gasteiger partial charge in [0.25, 0.3) is 0 Å². The van der Waals surface area contributed by atoms with E-state index in [9.17, 15) is 13.2 Å². The second-order valence-corrected chi connectivity index (χ2v) is 4.69. The first-order chi connectivity index (χ1) is 9.97. The summed E-state index contributed by atoms with van der Waals surface area (Å²) in [7, 11) is 2.86. The molecule has 0 aliphatic rings. The summed E-state index contributed by atoms with van der Waals surface area (Å²) in [6.07, 6.45) is 0. The number of alkyl halides is 1. The van der Waals surface area contributed by atoms with E-state index in [0.29, 0.717) is 29.2 Å². The predicted molar refractivity (Wildman–Crippen MR) is 73.6 cm³/mol. The molecule has 0 fully saturated rings. The van der Waals surface area contributed by atoms with Crippen LogP contribution in [0.4, 0.5) is 13.2 Å². The molecule has 0 heterocycles. The van der Waals surface area contributed by atoms with Crippen molar-refractivity contribution in [3.05, 3.63) is 58.9 Å². The molecule has 1 atom stereocenters. The molecule has 0 aromatic heterocycles. The van der Waals surface area contributed by atoms with Gasteiger partial charge in [-0.2, -0.15) is 0 Å². The van der Waals surface area contributed by atoms with Crippen molar-refractivity contribution in [1.29, 1.82) is 0 Å². The standard InChI is InChI=1S/C15H12ClF3O2/c1-20-9-3-4-13(21-2)10(7-9)15(16)14-11(18)5-8(17)6-12(14)19/h3-7,15H,1-2H3. The van der Waals surface area contributed by atoms with Gasteiger partial charge in [0.2, 0.25) is 0 Å². The van der Waals surface area contributed by atoms with E-state index in [2.05, 4.69) is 0 Å². The molecule has 0 N–H and O–H groups in total. The fourth-order valence-electron chi connectivity index (χ4n) is 1.99. The summed E-state index contributed by atoms with van der Waals surface area (Å²) in [6, 6.07) is 5.88. The van der Waals surface area contributed by atoms with Gasteiger partial charge in [-0.1, -0.05) is 0 Å². The zero-order valence-electron chi connectivity index (χ0n) is 11.3. The third kappa shape index (κ3) is 3.08. The highest BCUT2D eigenvalue weighted by Gasteiger charge is 2.24. The molecule has 112 valence electrons. The van der Waals surface area contributed by atoms with E-state index < -0.39 is 28.4 Å². The molecule has 2 nitrogen and oxygen atoms in total. The summed E-state index contributed by atoms with van der Waals surface area (Å²) >= 11 is 6.17. The highest BCUT2D eigenvalue weighted by molar-refractivity contribution is 6.22. The SMILES string of the molecule is COc1ccc(OC)c(C(Cl)c2c(F)cc(F)cc2F)c1. The molecule has 2 aromatic carbocycles. The number of benzene rings is 2. The van der Waals surface area contributed by atoms with Gasteiger partial charge in [0, 0.05) is 23.3 Å². The Balaban J connectivity index is 2.56. The Morgan fingerprint density at radius 1 is 0.952 bits per heavy atom. The molecule has 0 radical (unpaired) electrons. The van der Waals surface area contributed by atoms with Crippen LogP contribution in [0.1, 0.15) is 16.5 Å². The Bertz CT molecular complexity index is 638. The molecule has 6 heteroatoms. The van der Waals surface area contributed by atoms with Crippen molar-refractivity contribution in [3.63, 3.8) is 0 Å². The Labute approximate surface area is 125 Å². The smallest absolute Gasteiger partial charge is 0.134 e. The Morgan fingerprint density at radius 3 is 2.10 bits per heavy atom. The van der Waals surface area contributed by atoms with E-state index in [1.54, 1.807) is 12.1 Å². The molecule has 0 amide bonds. The van der Waals surface area contributed by atoms with Crippen molar-refractivity contribution < 1.29 is 22.6 Å². The van der Waals surface area contributed by atoms with Crippen LogP contribution in [-0.2, 0) is 0 Å². The molecule has 2 rings (SSSR count). The first-order valence-corrected chi connectivity index (χ1v) is 6.42. The van der Waals surface area contributed by atoms with E-state index >= 15 is 0 Å². The van der Waals surface area contributed by atoms with Gasteiger partial charge < -0.3 is 9.47 Å². The average Bonchev–Trinajstić information content (AvgIpc) is 2.45. The number of hydrogen-bond donors (Lipinski definition) is 0. The zero-order chi connectivity index (χ0) is 15.6. The second kappa shape index (κ2) is 6.26.